The molecule has 0 radical (unpaired) electrons. The highest BCUT2D eigenvalue weighted by molar-refractivity contribution is 4.91. The van der Waals surface area contributed by atoms with Crippen LogP contribution >= 0.6 is 0 Å². The van der Waals surface area contributed by atoms with Gasteiger partial charge in [-0.3, -0.25) is 4.90 Å². The van der Waals surface area contributed by atoms with E-state index in [-0.39, 0.29) is 0 Å². The van der Waals surface area contributed by atoms with Crippen molar-refractivity contribution in [3.63, 3.8) is 0 Å². The van der Waals surface area contributed by atoms with Crippen molar-refractivity contribution < 1.29 is 0 Å². The lowest BCUT2D eigenvalue weighted by atomic mass is 9.89. The van der Waals surface area contributed by atoms with Gasteiger partial charge in [0.25, 0.3) is 0 Å². The molecular weight excluding hydrogens is 196 g/mol. The fourth-order valence-electron chi connectivity index (χ4n) is 3.28. The molecule has 16 heavy (non-hydrogen) atoms. The van der Waals surface area contributed by atoms with Crippen LogP contribution in [-0.2, 0) is 0 Å². The molecule has 1 N–H and O–H groups in total. The van der Waals surface area contributed by atoms with E-state index in [2.05, 4.69) is 31.1 Å². The maximum absolute atomic E-state index is 3.49. The smallest absolute Gasteiger partial charge is 0.0195 e. The molecule has 2 rings (SSSR count). The highest BCUT2D eigenvalue weighted by Crippen LogP contribution is 2.36. The molecule has 1 saturated carbocycles. The van der Waals surface area contributed by atoms with E-state index in [9.17, 15) is 0 Å². The Labute approximate surface area is 101 Å². The Morgan fingerprint density at radius 1 is 1.31 bits per heavy atom. The molecule has 1 aliphatic carbocycles. The predicted molar refractivity (Wildman–Crippen MR) is 69.6 cm³/mol. The highest BCUT2D eigenvalue weighted by Gasteiger charge is 2.36. The van der Waals surface area contributed by atoms with Crippen LogP contribution in [-0.4, -0.2) is 37.1 Å². The molecule has 1 saturated heterocycles. The number of likely N-dealkylation sites (N-methyl/N-ethyl adjacent to an activating group) is 1. The summed E-state index contributed by atoms with van der Waals surface area (Å²) >= 11 is 0. The fraction of sp³-hybridized carbons (Fsp3) is 1.00. The van der Waals surface area contributed by atoms with Gasteiger partial charge in [-0.15, -0.1) is 0 Å². The van der Waals surface area contributed by atoms with Gasteiger partial charge in [-0.25, -0.2) is 0 Å². The van der Waals surface area contributed by atoms with Crippen molar-refractivity contribution in [2.75, 3.05) is 20.1 Å². The van der Waals surface area contributed by atoms with Crippen molar-refractivity contribution in [1.82, 2.24) is 10.2 Å². The zero-order chi connectivity index (χ0) is 11.5. The Kier molecular flexibility index (Phi) is 4.26. The van der Waals surface area contributed by atoms with Crippen molar-refractivity contribution in [2.24, 2.45) is 11.8 Å². The molecule has 0 aromatic rings. The topological polar surface area (TPSA) is 15.3 Å². The van der Waals surface area contributed by atoms with E-state index in [1.807, 2.05) is 0 Å². The third kappa shape index (κ3) is 2.98. The molecule has 94 valence electrons. The van der Waals surface area contributed by atoms with Crippen LogP contribution in [0.1, 0.15) is 46.0 Å². The van der Waals surface area contributed by atoms with Crippen molar-refractivity contribution in [2.45, 2.75) is 58.0 Å². The van der Waals surface area contributed by atoms with Gasteiger partial charge < -0.3 is 5.32 Å². The second-order valence-corrected chi connectivity index (χ2v) is 5.91. The summed E-state index contributed by atoms with van der Waals surface area (Å²) in [6.07, 6.45) is 7.08. The van der Waals surface area contributed by atoms with E-state index >= 15 is 0 Å². The van der Waals surface area contributed by atoms with Crippen molar-refractivity contribution in [1.29, 1.82) is 0 Å². The van der Waals surface area contributed by atoms with Gasteiger partial charge in [0.1, 0.15) is 0 Å². The van der Waals surface area contributed by atoms with Crippen molar-refractivity contribution in [3.8, 4) is 0 Å². The Balaban J connectivity index is 1.90. The summed E-state index contributed by atoms with van der Waals surface area (Å²) in [5.41, 5.74) is 0. The molecule has 3 unspecified atom stereocenters. The quantitative estimate of drug-likeness (QED) is 0.772. The Morgan fingerprint density at radius 2 is 2.06 bits per heavy atom. The van der Waals surface area contributed by atoms with Crippen LogP contribution in [0.4, 0.5) is 0 Å². The largest absolute Gasteiger partial charge is 0.316 e. The summed E-state index contributed by atoms with van der Waals surface area (Å²) in [7, 11) is 2.12. The zero-order valence-corrected chi connectivity index (χ0v) is 11.2. The van der Waals surface area contributed by atoms with Crippen LogP contribution in [0.3, 0.4) is 0 Å². The van der Waals surface area contributed by atoms with Crippen molar-refractivity contribution in [3.05, 3.63) is 0 Å². The molecule has 0 aromatic heterocycles. The molecule has 3 atom stereocenters. The Morgan fingerprint density at radius 3 is 2.62 bits per heavy atom. The van der Waals surface area contributed by atoms with Gasteiger partial charge in [0.15, 0.2) is 0 Å². The molecule has 2 nitrogen and oxygen atoms in total. The minimum atomic E-state index is 0.728. The number of rotatable bonds is 5. The summed E-state index contributed by atoms with van der Waals surface area (Å²) < 4.78 is 0. The third-order valence-electron chi connectivity index (χ3n) is 4.55. The molecule has 1 heterocycles. The summed E-state index contributed by atoms with van der Waals surface area (Å²) in [6.45, 7) is 7.38. The fourth-order valence-corrected chi connectivity index (χ4v) is 3.28. The second kappa shape index (κ2) is 5.50. The summed E-state index contributed by atoms with van der Waals surface area (Å²) in [5.74, 6) is 1.94. The monoisotopic (exact) mass is 224 g/mol. The van der Waals surface area contributed by atoms with E-state index in [4.69, 9.17) is 0 Å². The normalized spacial score (nSPS) is 33.9. The van der Waals surface area contributed by atoms with Gasteiger partial charge in [-0.2, -0.15) is 0 Å². The lowest BCUT2D eigenvalue weighted by Gasteiger charge is -2.41. The molecule has 1 aliphatic heterocycles. The van der Waals surface area contributed by atoms with Crippen LogP contribution in [0, 0.1) is 11.8 Å². The number of likely N-dealkylation sites (tertiary alicyclic amines) is 1. The van der Waals surface area contributed by atoms with Gasteiger partial charge >= 0.3 is 0 Å². The first kappa shape index (κ1) is 12.4. The molecule has 2 fully saturated rings. The standard InChI is InChI=1S/C14H28N2/c1-4-5-12-8-14(15-3)10-16(9-12)11(2)13-6-7-13/h11-15H,4-10H2,1-3H3. The zero-order valence-electron chi connectivity index (χ0n) is 11.2. The number of piperidine rings is 1. The average molecular weight is 224 g/mol. The lowest BCUT2D eigenvalue weighted by Crippen LogP contribution is -2.51. The Hall–Kier alpha value is -0.0800. The Bertz CT molecular complexity index is 213. The minimum absolute atomic E-state index is 0.728. The molecule has 2 heteroatoms. The van der Waals surface area contributed by atoms with Crippen LogP contribution in [0.5, 0.6) is 0 Å². The highest BCUT2D eigenvalue weighted by atomic mass is 15.2. The first-order valence-corrected chi connectivity index (χ1v) is 7.15. The summed E-state index contributed by atoms with van der Waals surface area (Å²) in [4.78, 5) is 2.75. The molecule has 2 aliphatic rings. The van der Waals surface area contributed by atoms with E-state index < -0.39 is 0 Å². The first-order valence-electron chi connectivity index (χ1n) is 7.15. The predicted octanol–water partition coefficient (Wildman–Crippen LogP) is 2.49. The van der Waals surface area contributed by atoms with E-state index in [0.717, 1.165) is 23.9 Å². The molecule has 0 spiro atoms. The average Bonchev–Trinajstić information content (AvgIpc) is 3.12. The maximum atomic E-state index is 3.49. The molecule has 0 aromatic carbocycles. The van der Waals surface area contributed by atoms with Crippen LogP contribution in [0.15, 0.2) is 0 Å². The van der Waals surface area contributed by atoms with Crippen LogP contribution in [0.25, 0.3) is 0 Å². The SMILES string of the molecule is CCCC1CC(NC)CN(C(C)C2CC2)C1. The van der Waals surface area contributed by atoms with Gasteiger partial charge in [0.05, 0.1) is 0 Å². The third-order valence-corrected chi connectivity index (χ3v) is 4.55. The lowest BCUT2D eigenvalue weighted by molar-refractivity contribution is 0.0930. The summed E-state index contributed by atoms with van der Waals surface area (Å²) in [6, 6.07) is 1.56. The van der Waals surface area contributed by atoms with Crippen LogP contribution in [0.2, 0.25) is 0 Å². The number of nitrogens with one attached hydrogen (secondary N) is 1. The van der Waals surface area contributed by atoms with E-state index in [0.29, 0.717) is 0 Å². The molecule has 0 bridgehead atoms. The molecule has 0 amide bonds. The number of nitrogens with zero attached hydrogens (tertiary/aromatic N) is 1. The minimum Gasteiger partial charge on any atom is -0.316 e. The first-order chi connectivity index (χ1) is 7.74. The van der Waals surface area contributed by atoms with E-state index in [1.54, 1.807) is 0 Å². The van der Waals surface area contributed by atoms with Crippen molar-refractivity contribution >= 4 is 0 Å². The number of hydrogen-bond acceptors (Lipinski definition) is 2. The maximum Gasteiger partial charge on any atom is 0.0195 e. The van der Waals surface area contributed by atoms with Gasteiger partial charge in [0, 0.05) is 25.2 Å². The second-order valence-electron chi connectivity index (χ2n) is 5.91. The van der Waals surface area contributed by atoms with Gasteiger partial charge in [0.2, 0.25) is 0 Å². The molecular formula is C14H28N2. The van der Waals surface area contributed by atoms with E-state index in [1.165, 1.54) is 45.2 Å². The van der Waals surface area contributed by atoms with Gasteiger partial charge in [-0.1, -0.05) is 13.3 Å². The summed E-state index contributed by atoms with van der Waals surface area (Å²) in [5, 5.41) is 3.49. The number of hydrogen-bond donors (Lipinski definition) is 1. The van der Waals surface area contributed by atoms with Crippen LogP contribution < -0.4 is 5.32 Å². The van der Waals surface area contributed by atoms with Gasteiger partial charge in [-0.05, 0) is 51.5 Å².